The van der Waals surface area contributed by atoms with Gasteiger partial charge in [-0.1, -0.05) is 38.1 Å². The summed E-state index contributed by atoms with van der Waals surface area (Å²) in [6, 6.07) is 8.69. The Balaban J connectivity index is 1.42. The summed E-state index contributed by atoms with van der Waals surface area (Å²) in [5, 5.41) is 6.17. The number of pyridine rings is 1. The Morgan fingerprint density at radius 3 is 2.40 bits per heavy atom. The summed E-state index contributed by atoms with van der Waals surface area (Å²) in [5.74, 6) is -1.26. The molecule has 0 aliphatic heterocycles. The Bertz CT molecular complexity index is 1220. The average Bonchev–Trinajstić information content (AvgIpc) is 3.40. The van der Waals surface area contributed by atoms with E-state index in [0.717, 1.165) is 11.3 Å². The van der Waals surface area contributed by atoms with Crippen LogP contribution in [0.25, 0.3) is 0 Å². The molecule has 218 valence electrons. The molecule has 1 aromatic heterocycles. The molecule has 0 bridgehead atoms. The first-order chi connectivity index (χ1) is 18.6. The molecule has 1 heterocycles. The Hall–Kier alpha value is -3.30. The number of anilines is 1. The van der Waals surface area contributed by atoms with Crippen molar-refractivity contribution in [3.63, 3.8) is 0 Å². The topological polar surface area (TPSA) is 83.6 Å². The molecule has 1 saturated carbocycles. The van der Waals surface area contributed by atoms with Crippen LogP contribution in [0.15, 0.2) is 42.6 Å². The van der Waals surface area contributed by atoms with Crippen molar-refractivity contribution in [3.8, 4) is 0 Å². The fourth-order valence-electron chi connectivity index (χ4n) is 5.89. The third kappa shape index (κ3) is 6.53. The van der Waals surface area contributed by atoms with E-state index in [1.807, 2.05) is 12.1 Å². The lowest BCUT2D eigenvalue weighted by atomic mass is 9.83. The van der Waals surface area contributed by atoms with Gasteiger partial charge in [-0.2, -0.15) is 13.2 Å². The zero-order valence-corrected chi connectivity index (χ0v) is 23.9. The molecule has 0 saturated heterocycles. The van der Waals surface area contributed by atoms with Crippen LogP contribution in [0.4, 0.5) is 23.7 Å². The number of benzene rings is 1. The summed E-state index contributed by atoms with van der Waals surface area (Å²) < 4.78 is 48.1. The standard InChI is InChI=1S/C30H39F3N4O3/c1-28(2,3)40-27(39)36-20-12-11-19(15-20)26(38)37(6)25(30(31,32)33)23-14-13-21(17-34-23)35-24-16-18-9-7-8-10-22(18)29(24,4)5/h7-10,13-14,17,19-20,24-25,35H,11-12,15-16H2,1-6H3,(H,36,39)/t19-,20+,24-,25-/m0/s1. The van der Waals surface area contributed by atoms with E-state index in [1.165, 1.54) is 30.4 Å². The summed E-state index contributed by atoms with van der Waals surface area (Å²) in [5.41, 5.74) is 2.05. The number of carbonyl (C=O) groups excluding carboxylic acids is 2. The summed E-state index contributed by atoms with van der Waals surface area (Å²) in [6.07, 6.45) is -1.99. The maximum absolute atomic E-state index is 14.3. The lowest BCUT2D eigenvalue weighted by molar-refractivity contribution is -0.191. The third-order valence-electron chi connectivity index (χ3n) is 7.96. The largest absolute Gasteiger partial charge is 0.444 e. The molecule has 0 spiro atoms. The van der Waals surface area contributed by atoms with Crippen molar-refractivity contribution in [3.05, 3.63) is 59.4 Å². The zero-order chi connectivity index (χ0) is 29.5. The molecule has 2 aromatic rings. The first-order valence-corrected chi connectivity index (χ1v) is 13.7. The SMILES string of the molecule is CN(C(=O)[C@H]1CC[C@@H](NC(=O)OC(C)(C)C)C1)[C@@H](c1ccc(N[C@H]2Cc3ccccc3C2(C)C)cn1)C(F)(F)F. The van der Waals surface area contributed by atoms with Gasteiger partial charge in [0, 0.05) is 30.5 Å². The molecule has 40 heavy (non-hydrogen) atoms. The Kier molecular flexibility index (Phi) is 8.11. The molecule has 2 N–H and O–H groups in total. The lowest BCUT2D eigenvalue weighted by Crippen LogP contribution is -2.43. The van der Waals surface area contributed by atoms with E-state index in [0.29, 0.717) is 18.5 Å². The van der Waals surface area contributed by atoms with Crippen LogP contribution in [0.2, 0.25) is 0 Å². The molecule has 4 rings (SSSR count). The number of alkyl halides is 3. The number of rotatable bonds is 6. The average molecular weight is 561 g/mol. The van der Waals surface area contributed by atoms with Crippen LogP contribution < -0.4 is 10.6 Å². The monoisotopic (exact) mass is 560 g/mol. The quantitative estimate of drug-likeness (QED) is 0.443. The van der Waals surface area contributed by atoms with E-state index in [-0.39, 0.29) is 29.6 Å². The highest BCUT2D eigenvalue weighted by atomic mass is 19.4. The minimum atomic E-state index is -4.71. The van der Waals surface area contributed by atoms with Crippen molar-refractivity contribution < 1.29 is 27.5 Å². The number of hydrogen-bond donors (Lipinski definition) is 2. The van der Waals surface area contributed by atoms with Crippen molar-refractivity contribution in [2.75, 3.05) is 12.4 Å². The van der Waals surface area contributed by atoms with Gasteiger partial charge in [0.05, 0.1) is 17.6 Å². The number of ether oxygens (including phenoxy) is 1. The van der Waals surface area contributed by atoms with E-state index >= 15 is 0 Å². The highest BCUT2D eigenvalue weighted by Crippen LogP contribution is 2.41. The molecule has 2 aliphatic rings. The number of aromatic nitrogens is 1. The molecule has 1 fully saturated rings. The minimum Gasteiger partial charge on any atom is -0.444 e. The second-order valence-electron chi connectivity index (χ2n) is 12.5. The van der Waals surface area contributed by atoms with E-state index < -0.39 is 35.7 Å². The van der Waals surface area contributed by atoms with Crippen LogP contribution in [0.5, 0.6) is 0 Å². The van der Waals surface area contributed by atoms with Gasteiger partial charge in [0.15, 0.2) is 6.04 Å². The predicted octanol–water partition coefficient (Wildman–Crippen LogP) is 6.15. The number of carbonyl (C=O) groups is 2. The number of nitrogens with one attached hydrogen (secondary N) is 2. The molecular weight excluding hydrogens is 521 g/mol. The van der Waals surface area contributed by atoms with E-state index in [1.54, 1.807) is 26.8 Å². The summed E-state index contributed by atoms with van der Waals surface area (Å²) in [6.45, 7) is 9.52. The molecule has 2 aliphatic carbocycles. The Labute approximate surface area is 233 Å². The third-order valence-corrected chi connectivity index (χ3v) is 7.96. The maximum atomic E-state index is 14.3. The van der Waals surface area contributed by atoms with Gasteiger partial charge in [0.25, 0.3) is 0 Å². The molecule has 2 amide bonds. The first-order valence-electron chi connectivity index (χ1n) is 13.7. The summed E-state index contributed by atoms with van der Waals surface area (Å²) >= 11 is 0. The normalized spacial score (nSPS) is 22.8. The van der Waals surface area contributed by atoms with Crippen molar-refractivity contribution in [1.29, 1.82) is 0 Å². The summed E-state index contributed by atoms with van der Waals surface area (Å²) in [7, 11) is 1.17. The van der Waals surface area contributed by atoms with Gasteiger partial charge in [-0.25, -0.2) is 4.79 Å². The fraction of sp³-hybridized carbons (Fsp3) is 0.567. The molecule has 1 aromatic carbocycles. The molecule has 10 heteroatoms. The molecule has 0 unspecified atom stereocenters. The fourth-order valence-corrected chi connectivity index (χ4v) is 5.89. The van der Waals surface area contributed by atoms with Crippen molar-refractivity contribution in [1.82, 2.24) is 15.2 Å². The van der Waals surface area contributed by atoms with Crippen LogP contribution >= 0.6 is 0 Å². The minimum absolute atomic E-state index is 0.0600. The van der Waals surface area contributed by atoms with Gasteiger partial charge >= 0.3 is 12.3 Å². The van der Waals surface area contributed by atoms with Gasteiger partial charge in [-0.3, -0.25) is 9.78 Å². The number of hydrogen-bond acceptors (Lipinski definition) is 5. The highest BCUT2D eigenvalue weighted by molar-refractivity contribution is 5.80. The molecule has 0 radical (unpaired) electrons. The highest BCUT2D eigenvalue weighted by Gasteiger charge is 2.48. The van der Waals surface area contributed by atoms with E-state index in [4.69, 9.17) is 4.74 Å². The van der Waals surface area contributed by atoms with Crippen LogP contribution in [0.3, 0.4) is 0 Å². The second-order valence-corrected chi connectivity index (χ2v) is 12.5. The number of alkyl carbamates (subject to hydrolysis) is 1. The van der Waals surface area contributed by atoms with Gasteiger partial charge in [-0.15, -0.1) is 0 Å². The molecular formula is C30H39F3N4O3. The van der Waals surface area contributed by atoms with Crippen molar-refractivity contribution in [2.24, 2.45) is 5.92 Å². The molecule has 7 nitrogen and oxygen atoms in total. The van der Waals surface area contributed by atoms with E-state index in [2.05, 4.69) is 41.6 Å². The number of amides is 2. The molecule has 4 atom stereocenters. The lowest BCUT2D eigenvalue weighted by Gasteiger charge is -2.32. The van der Waals surface area contributed by atoms with Crippen LogP contribution in [-0.4, -0.2) is 52.8 Å². The second kappa shape index (κ2) is 10.9. The van der Waals surface area contributed by atoms with Gasteiger partial charge < -0.3 is 20.3 Å². The number of nitrogens with zero attached hydrogens (tertiary/aromatic N) is 2. The van der Waals surface area contributed by atoms with Crippen molar-refractivity contribution >= 4 is 17.7 Å². The Morgan fingerprint density at radius 1 is 1.10 bits per heavy atom. The van der Waals surface area contributed by atoms with E-state index in [9.17, 15) is 22.8 Å². The smallest absolute Gasteiger partial charge is 0.414 e. The predicted molar refractivity (Wildman–Crippen MR) is 147 cm³/mol. The first kappa shape index (κ1) is 29.7. The van der Waals surface area contributed by atoms with Crippen LogP contribution in [0, 0.1) is 5.92 Å². The van der Waals surface area contributed by atoms with Crippen LogP contribution in [0.1, 0.15) is 76.7 Å². The number of fused-ring (bicyclic) bond motifs is 1. The van der Waals surface area contributed by atoms with Gasteiger partial charge in [0.2, 0.25) is 5.91 Å². The number of halogens is 3. The van der Waals surface area contributed by atoms with Gasteiger partial charge in [-0.05, 0) is 69.7 Å². The van der Waals surface area contributed by atoms with Crippen molar-refractivity contribution in [2.45, 2.75) is 95.6 Å². The summed E-state index contributed by atoms with van der Waals surface area (Å²) in [4.78, 5) is 30.2. The Morgan fingerprint density at radius 2 is 1.80 bits per heavy atom. The van der Waals surface area contributed by atoms with Gasteiger partial charge in [0.1, 0.15) is 5.60 Å². The zero-order valence-electron chi connectivity index (χ0n) is 23.9. The maximum Gasteiger partial charge on any atom is 0.414 e. The van der Waals surface area contributed by atoms with Crippen LogP contribution in [-0.2, 0) is 21.4 Å².